The van der Waals surface area contributed by atoms with Crippen molar-refractivity contribution in [2.45, 2.75) is 12.1 Å². The van der Waals surface area contributed by atoms with Crippen molar-refractivity contribution in [3.63, 3.8) is 0 Å². The first-order valence-corrected chi connectivity index (χ1v) is 6.18. The summed E-state index contributed by atoms with van der Waals surface area (Å²) in [6.45, 7) is 2.86. The molecule has 2 heterocycles. The van der Waals surface area contributed by atoms with E-state index in [0.717, 1.165) is 24.1 Å². The molecule has 1 aromatic heterocycles. The normalized spacial score (nSPS) is 25.9. The summed E-state index contributed by atoms with van der Waals surface area (Å²) in [4.78, 5) is 4.41. The number of aliphatic hydroxyl groups is 1. The Bertz CT molecular complexity index is 356. The maximum absolute atomic E-state index is 10.3. The van der Waals surface area contributed by atoms with E-state index in [1.807, 2.05) is 13.1 Å². The smallest absolute Gasteiger partial charge is 0.148 e. The highest BCUT2D eigenvalue weighted by Crippen LogP contribution is 2.29. The van der Waals surface area contributed by atoms with E-state index in [9.17, 15) is 5.11 Å². The van der Waals surface area contributed by atoms with Gasteiger partial charge < -0.3 is 14.4 Å². The third-order valence-electron chi connectivity index (χ3n) is 3.18. The lowest BCUT2D eigenvalue weighted by Gasteiger charge is -2.39. The fourth-order valence-corrected chi connectivity index (χ4v) is 2.51. The lowest BCUT2D eigenvalue weighted by molar-refractivity contribution is 0.00291. The van der Waals surface area contributed by atoms with Gasteiger partial charge in [0.05, 0.1) is 16.8 Å². The summed E-state index contributed by atoms with van der Waals surface area (Å²) in [6, 6.07) is 1.90. The fraction of sp³-hybridized carbons (Fsp3) is 0.636. The van der Waals surface area contributed by atoms with Crippen LogP contribution in [0.25, 0.3) is 0 Å². The van der Waals surface area contributed by atoms with E-state index >= 15 is 0 Å². The Kier molecular flexibility index (Phi) is 3.69. The Balaban J connectivity index is 2.14. The van der Waals surface area contributed by atoms with Crippen LogP contribution in [0.5, 0.6) is 0 Å². The van der Waals surface area contributed by atoms with Gasteiger partial charge in [-0.3, -0.25) is 4.90 Å². The zero-order chi connectivity index (χ0) is 11.7. The van der Waals surface area contributed by atoms with Crippen LogP contribution in [0, 0.1) is 0 Å². The van der Waals surface area contributed by atoms with Gasteiger partial charge >= 0.3 is 0 Å². The maximum atomic E-state index is 10.3. The summed E-state index contributed by atoms with van der Waals surface area (Å²) in [5, 5.41) is 10.3. The van der Waals surface area contributed by atoms with E-state index < -0.39 is 6.10 Å². The van der Waals surface area contributed by atoms with Crippen LogP contribution in [-0.4, -0.2) is 54.7 Å². The molecule has 1 aromatic rings. The summed E-state index contributed by atoms with van der Waals surface area (Å²) < 4.78 is 6.16. The highest BCUT2D eigenvalue weighted by atomic mass is 79.9. The summed E-state index contributed by atoms with van der Waals surface area (Å²) in [5.41, 5.74) is 0. The van der Waals surface area contributed by atoms with Gasteiger partial charge in [0.15, 0.2) is 0 Å². The van der Waals surface area contributed by atoms with Gasteiger partial charge in [-0.2, -0.15) is 0 Å². The molecule has 2 atom stereocenters. The van der Waals surface area contributed by atoms with Crippen LogP contribution in [0.3, 0.4) is 0 Å². The second-order valence-corrected chi connectivity index (χ2v) is 5.24. The summed E-state index contributed by atoms with van der Waals surface area (Å²) in [5.74, 6) is 0.618. The molecule has 0 amide bonds. The predicted molar refractivity (Wildman–Crippen MR) is 65.3 cm³/mol. The molecule has 90 valence electrons. The molecular weight excluding hydrogens is 272 g/mol. The molecule has 1 saturated heterocycles. The van der Waals surface area contributed by atoms with Gasteiger partial charge in [0.2, 0.25) is 0 Å². The van der Waals surface area contributed by atoms with Crippen molar-refractivity contribution in [1.82, 2.24) is 9.80 Å². The first kappa shape index (κ1) is 12.1. The van der Waals surface area contributed by atoms with Crippen LogP contribution < -0.4 is 0 Å². The van der Waals surface area contributed by atoms with Crippen molar-refractivity contribution in [3.8, 4) is 0 Å². The largest absolute Gasteiger partial charge is 0.465 e. The monoisotopic (exact) mass is 288 g/mol. The fourth-order valence-electron chi connectivity index (χ4n) is 2.08. The Morgan fingerprint density at radius 1 is 1.50 bits per heavy atom. The van der Waals surface area contributed by atoms with Crippen LogP contribution in [0.1, 0.15) is 11.9 Å². The van der Waals surface area contributed by atoms with Crippen molar-refractivity contribution >= 4 is 15.9 Å². The summed E-state index contributed by atoms with van der Waals surface area (Å²) in [6.07, 6.45) is 1.01. The number of hydrogen-bond acceptors (Lipinski definition) is 4. The van der Waals surface area contributed by atoms with Crippen LogP contribution >= 0.6 is 15.9 Å². The second kappa shape index (κ2) is 4.87. The van der Waals surface area contributed by atoms with Gasteiger partial charge in [-0.25, -0.2) is 0 Å². The standard InChI is InChI=1S/C11H17BrN2O2/c1-13-4-5-14(2)9(7-13)10(15)11-8(12)3-6-16-11/h3,6,9-10,15H,4-5,7H2,1-2H3. The average Bonchev–Trinajstić information content (AvgIpc) is 2.67. The molecule has 1 aliphatic heterocycles. The molecule has 0 saturated carbocycles. The zero-order valence-electron chi connectivity index (χ0n) is 9.56. The highest BCUT2D eigenvalue weighted by molar-refractivity contribution is 9.10. The van der Waals surface area contributed by atoms with Crippen molar-refractivity contribution in [2.24, 2.45) is 0 Å². The van der Waals surface area contributed by atoms with E-state index in [4.69, 9.17) is 4.42 Å². The van der Waals surface area contributed by atoms with Gasteiger partial charge in [-0.15, -0.1) is 0 Å². The van der Waals surface area contributed by atoms with Crippen molar-refractivity contribution < 1.29 is 9.52 Å². The number of aliphatic hydroxyl groups excluding tert-OH is 1. The van der Waals surface area contributed by atoms with Gasteiger partial charge in [0.1, 0.15) is 11.9 Å². The van der Waals surface area contributed by atoms with Crippen molar-refractivity contribution in [3.05, 3.63) is 22.6 Å². The van der Waals surface area contributed by atoms with Gasteiger partial charge in [0.25, 0.3) is 0 Å². The molecule has 0 bridgehead atoms. The summed E-state index contributed by atoms with van der Waals surface area (Å²) in [7, 11) is 4.11. The second-order valence-electron chi connectivity index (χ2n) is 4.39. The molecule has 4 nitrogen and oxygen atoms in total. The molecule has 1 N–H and O–H groups in total. The SMILES string of the molecule is CN1CCN(C)C(C(O)c2occc2Br)C1. The Labute approximate surface area is 104 Å². The molecule has 1 fully saturated rings. The molecule has 16 heavy (non-hydrogen) atoms. The number of halogens is 1. The number of nitrogens with zero attached hydrogens (tertiary/aromatic N) is 2. The lowest BCUT2D eigenvalue weighted by Crippen LogP contribution is -2.52. The van der Waals surface area contributed by atoms with Crippen LogP contribution in [0.15, 0.2) is 21.2 Å². The first-order chi connectivity index (χ1) is 7.59. The zero-order valence-corrected chi connectivity index (χ0v) is 11.1. The minimum Gasteiger partial charge on any atom is -0.465 e. The molecule has 2 unspecified atom stereocenters. The van der Waals surface area contributed by atoms with Crippen LogP contribution in [0.4, 0.5) is 0 Å². The molecule has 0 aromatic carbocycles. The van der Waals surface area contributed by atoms with E-state index in [1.165, 1.54) is 0 Å². The van der Waals surface area contributed by atoms with Crippen LogP contribution in [0.2, 0.25) is 0 Å². The van der Waals surface area contributed by atoms with E-state index in [-0.39, 0.29) is 6.04 Å². The average molecular weight is 289 g/mol. The van der Waals surface area contributed by atoms with Gasteiger partial charge in [-0.1, -0.05) is 0 Å². The molecule has 2 rings (SSSR count). The Morgan fingerprint density at radius 2 is 2.25 bits per heavy atom. The maximum Gasteiger partial charge on any atom is 0.148 e. The molecule has 0 radical (unpaired) electrons. The molecule has 0 spiro atoms. The minimum atomic E-state index is -0.586. The highest BCUT2D eigenvalue weighted by Gasteiger charge is 2.32. The lowest BCUT2D eigenvalue weighted by atomic mass is 10.0. The topological polar surface area (TPSA) is 39.9 Å². The molecule has 5 heteroatoms. The van der Waals surface area contributed by atoms with Gasteiger partial charge in [0, 0.05) is 19.6 Å². The van der Waals surface area contributed by atoms with Gasteiger partial charge in [-0.05, 0) is 36.1 Å². The number of rotatable bonds is 2. The first-order valence-electron chi connectivity index (χ1n) is 5.39. The third-order valence-corrected chi connectivity index (χ3v) is 3.83. The summed E-state index contributed by atoms with van der Waals surface area (Å²) >= 11 is 3.38. The number of piperazine rings is 1. The van der Waals surface area contributed by atoms with Crippen molar-refractivity contribution in [2.75, 3.05) is 33.7 Å². The predicted octanol–water partition coefficient (Wildman–Crippen LogP) is 1.32. The quantitative estimate of drug-likeness (QED) is 0.891. The number of furan rings is 1. The minimum absolute atomic E-state index is 0.0844. The number of likely N-dealkylation sites (N-methyl/N-ethyl adjacent to an activating group) is 2. The van der Waals surface area contributed by atoms with E-state index in [0.29, 0.717) is 5.76 Å². The molecule has 1 aliphatic rings. The Hall–Kier alpha value is -0.360. The Morgan fingerprint density at radius 3 is 2.88 bits per heavy atom. The molecule has 0 aliphatic carbocycles. The number of hydrogen-bond donors (Lipinski definition) is 1. The molecular formula is C11H17BrN2O2. The van der Waals surface area contributed by atoms with Crippen molar-refractivity contribution in [1.29, 1.82) is 0 Å². The third kappa shape index (κ3) is 2.32. The van der Waals surface area contributed by atoms with Crippen LogP contribution in [-0.2, 0) is 0 Å². The van der Waals surface area contributed by atoms with E-state index in [1.54, 1.807) is 6.26 Å². The van der Waals surface area contributed by atoms with E-state index in [2.05, 4.69) is 32.8 Å².